The molecule has 0 saturated heterocycles. The fourth-order valence-electron chi connectivity index (χ4n) is 3.81. The first-order chi connectivity index (χ1) is 13.1. The maximum Gasteiger partial charge on any atom is 0.318 e. The highest BCUT2D eigenvalue weighted by atomic mass is 16.5. The fraction of sp³-hybridized carbons (Fsp3) is 0.560. The quantitative estimate of drug-likeness (QED) is 0.412. The summed E-state index contributed by atoms with van der Waals surface area (Å²) in [5, 5.41) is 0. The highest BCUT2D eigenvalue weighted by Gasteiger charge is 2.21. The Hall–Kier alpha value is -1.83. The summed E-state index contributed by atoms with van der Waals surface area (Å²) in [5.74, 6) is 2.14. The first kappa shape index (κ1) is 21.5. The van der Waals surface area contributed by atoms with E-state index in [-0.39, 0.29) is 11.9 Å². The van der Waals surface area contributed by atoms with Crippen LogP contribution in [0.1, 0.15) is 71.3 Å². The van der Waals surface area contributed by atoms with Gasteiger partial charge in [0.15, 0.2) is 0 Å². The van der Waals surface area contributed by atoms with E-state index in [4.69, 9.17) is 4.74 Å². The van der Waals surface area contributed by atoms with Gasteiger partial charge in [-0.25, -0.2) is 0 Å². The molecular formula is C25H36O2. The van der Waals surface area contributed by atoms with Gasteiger partial charge in [-0.15, -0.1) is 0 Å². The molecule has 0 aromatic heterocycles. The lowest BCUT2D eigenvalue weighted by molar-refractivity contribution is -0.137. The SMILES string of the molecule is CC.Cc1ccc(OC(=O)C2C=CC(CCC3CCC(C)CC3)=CC2)cc1. The van der Waals surface area contributed by atoms with E-state index in [1.54, 1.807) is 0 Å². The van der Waals surface area contributed by atoms with Gasteiger partial charge in [0.2, 0.25) is 0 Å². The Labute approximate surface area is 165 Å². The zero-order valence-corrected chi connectivity index (χ0v) is 17.5. The van der Waals surface area contributed by atoms with Crippen LogP contribution in [0.15, 0.2) is 48.1 Å². The molecule has 0 aliphatic heterocycles. The monoisotopic (exact) mass is 368 g/mol. The van der Waals surface area contributed by atoms with Gasteiger partial charge in [0.1, 0.15) is 5.75 Å². The van der Waals surface area contributed by atoms with Crippen molar-refractivity contribution in [3.05, 3.63) is 53.6 Å². The molecule has 0 spiro atoms. The maximum absolute atomic E-state index is 12.3. The topological polar surface area (TPSA) is 26.3 Å². The number of ether oxygens (including phenoxy) is 1. The van der Waals surface area contributed by atoms with Crippen molar-refractivity contribution >= 4 is 5.97 Å². The summed E-state index contributed by atoms with van der Waals surface area (Å²) in [6.07, 6.45) is 15.2. The van der Waals surface area contributed by atoms with Crippen molar-refractivity contribution in [1.82, 2.24) is 0 Å². The molecule has 1 aromatic rings. The second kappa shape index (κ2) is 11.1. The Morgan fingerprint density at radius 2 is 1.74 bits per heavy atom. The highest BCUT2D eigenvalue weighted by molar-refractivity contribution is 5.77. The van der Waals surface area contributed by atoms with Gasteiger partial charge in [-0.3, -0.25) is 4.79 Å². The van der Waals surface area contributed by atoms with Gasteiger partial charge < -0.3 is 4.74 Å². The van der Waals surface area contributed by atoms with Crippen LogP contribution in [0.25, 0.3) is 0 Å². The molecule has 2 aliphatic carbocycles. The van der Waals surface area contributed by atoms with Crippen molar-refractivity contribution in [2.45, 2.75) is 72.6 Å². The Balaban J connectivity index is 0.00000126. The van der Waals surface area contributed by atoms with Crippen LogP contribution in [0.4, 0.5) is 0 Å². The molecule has 1 atom stereocenters. The number of carbonyl (C=O) groups excluding carboxylic acids is 1. The van der Waals surface area contributed by atoms with Gasteiger partial charge in [-0.1, -0.05) is 88.0 Å². The second-order valence-corrected chi connectivity index (χ2v) is 7.88. The van der Waals surface area contributed by atoms with E-state index in [0.717, 1.165) is 30.2 Å². The van der Waals surface area contributed by atoms with E-state index in [2.05, 4.69) is 19.1 Å². The van der Waals surface area contributed by atoms with Gasteiger partial charge in [0.25, 0.3) is 0 Å². The first-order valence-electron chi connectivity index (χ1n) is 10.8. The summed E-state index contributed by atoms with van der Waals surface area (Å²) >= 11 is 0. The number of hydrogen-bond donors (Lipinski definition) is 0. The number of allylic oxidation sites excluding steroid dienone is 3. The molecule has 148 valence electrons. The van der Waals surface area contributed by atoms with Crippen molar-refractivity contribution in [3.63, 3.8) is 0 Å². The molecule has 0 bridgehead atoms. The van der Waals surface area contributed by atoms with Gasteiger partial charge in [0, 0.05) is 0 Å². The molecule has 1 fully saturated rings. The summed E-state index contributed by atoms with van der Waals surface area (Å²) in [4.78, 5) is 12.3. The van der Waals surface area contributed by atoms with Crippen molar-refractivity contribution in [3.8, 4) is 5.75 Å². The van der Waals surface area contributed by atoms with Crippen molar-refractivity contribution in [2.75, 3.05) is 0 Å². The molecule has 0 heterocycles. The average Bonchev–Trinajstić information content (AvgIpc) is 2.71. The van der Waals surface area contributed by atoms with Gasteiger partial charge in [0.05, 0.1) is 5.92 Å². The van der Waals surface area contributed by atoms with Crippen LogP contribution < -0.4 is 4.74 Å². The number of esters is 1. The van der Waals surface area contributed by atoms with Crippen molar-refractivity contribution in [1.29, 1.82) is 0 Å². The lowest BCUT2D eigenvalue weighted by atomic mass is 9.80. The van der Waals surface area contributed by atoms with Gasteiger partial charge in [-0.05, 0) is 50.2 Å². The van der Waals surface area contributed by atoms with Crippen LogP contribution in [0.2, 0.25) is 0 Å². The minimum atomic E-state index is -0.156. The summed E-state index contributed by atoms with van der Waals surface area (Å²) in [6.45, 7) is 8.40. The summed E-state index contributed by atoms with van der Waals surface area (Å²) in [7, 11) is 0. The molecular weight excluding hydrogens is 332 g/mol. The molecule has 2 aliphatic rings. The van der Waals surface area contributed by atoms with E-state index < -0.39 is 0 Å². The third-order valence-corrected chi connectivity index (χ3v) is 5.70. The Bertz CT molecular complexity index is 631. The van der Waals surface area contributed by atoms with E-state index in [1.807, 2.05) is 51.1 Å². The Morgan fingerprint density at radius 1 is 1.07 bits per heavy atom. The third-order valence-electron chi connectivity index (χ3n) is 5.70. The predicted octanol–water partition coefficient (Wildman–Crippen LogP) is 7.04. The highest BCUT2D eigenvalue weighted by Crippen LogP contribution is 2.33. The van der Waals surface area contributed by atoms with E-state index in [0.29, 0.717) is 5.75 Å². The molecule has 0 N–H and O–H groups in total. The number of benzene rings is 1. The first-order valence-corrected chi connectivity index (χ1v) is 10.8. The average molecular weight is 369 g/mol. The minimum Gasteiger partial charge on any atom is -0.426 e. The molecule has 1 saturated carbocycles. The molecule has 0 radical (unpaired) electrons. The summed E-state index contributed by atoms with van der Waals surface area (Å²) in [6, 6.07) is 7.63. The second-order valence-electron chi connectivity index (χ2n) is 7.88. The molecule has 27 heavy (non-hydrogen) atoms. The van der Waals surface area contributed by atoms with Crippen LogP contribution in [0, 0.1) is 24.7 Å². The van der Waals surface area contributed by atoms with Gasteiger partial charge in [-0.2, -0.15) is 0 Å². The molecule has 1 aromatic carbocycles. The maximum atomic E-state index is 12.3. The minimum absolute atomic E-state index is 0.152. The summed E-state index contributed by atoms with van der Waals surface area (Å²) < 4.78 is 5.49. The van der Waals surface area contributed by atoms with E-state index in [9.17, 15) is 4.79 Å². The number of rotatable bonds is 5. The lowest BCUT2D eigenvalue weighted by Crippen LogP contribution is -2.19. The normalized spacial score (nSPS) is 24.4. The number of aryl methyl sites for hydroxylation is 1. The van der Waals surface area contributed by atoms with Crippen LogP contribution in [0.3, 0.4) is 0 Å². The molecule has 0 amide bonds. The lowest BCUT2D eigenvalue weighted by Gasteiger charge is -2.26. The number of hydrogen-bond acceptors (Lipinski definition) is 2. The molecule has 1 unspecified atom stereocenters. The fourth-order valence-corrected chi connectivity index (χ4v) is 3.81. The Morgan fingerprint density at radius 3 is 2.33 bits per heavy atom. The van der Waals surface area contributed by atoms with E-state index >= 15 is 0 Å². The standard InChI is InChI=1S/C23H30O2.C2H6/c1-17-3-7-19(8-4-17)9-10-20-11-13-21(14-12-20)23(24)25-22-15-5-18(2)6-16-22;1-2/h5-6,11-13,15-17,19,21H,3-4,7-10,14H2,1-2H3;1-2H3. The van der Waals surface area contributed by atoms with Crippen molar-refractivity contribution < 1.29 is 9.53 Å². The summed E-state index contributed by atoms with van der Waals surface area (Å²) in [5.41, 5.74) is 2.55. The smallest absolute Gasteiger partial charge is 0.318 e. The van der Waals surface area contributed by atoms with Crippen LogP contribution in [0.5, 0.6) is 5.75 Å². The predicted molar refractivity (Wildman–Crippen MR) is 114 cm³/mol. The Kier molecular flexibility index (Phi) is 8.84. The molecule has 3 rings (SSSR count). The van der Waals surface area contributed by atoms with Crippen LogP contribution >= 0.6 is 0 Å². The van der Waals surface area contributed by atoms with Crippen molar-refractivity contribution in [2.24, 2.45) is 17.8 Å². The number of carbonyl (C=O) groups is 1. The molecule has 2 heteroatoms. The van der Waals surface area contributed by atoms with Gasteiger partial charge >= 0.3 is 5.97 Å². The third kappa shape index (κ3) is 7.01. The zero-order chi connectivity index (χ0) is 19.6. The van der Waals surface area contributed by atoms with Crippen LogP contribution in [-0.2, 0) is 4.79 Å². The van der Waals surface area contributed by atoms with E-state index in [1.165, 1.54) is 37.7 Å². The van der Waals surface area contributed by atoms with Crippen LogP contribution in [-0.4, -0.2) is 5.97 Å². The zero-order valence-electron chi connectivity index (χ0n) is 17.5. The largest absolute Gasteiger partial charge is 0.426 e. The molecule has 2 nitrogen and oxygen atoms in total.